The number of aryl methyl sites for hydroxylation is 2. The van der Waals surface area contributed by atoms with Gasteiger partial charge in [-0.2, -0.15) is 4.57 Å². The van der Waals surface area contributed by atoms with E-state index in [9.17, 15) is 14.0 Å². The summed E-state index contributed by atoms with van der Waals surface area (Å²) >= 11 is 0. The Morgan fingerprint density at radius 1 is 1.00 bits per heavy atom. The quantitative estimate of drug-likeness (QED) is 0.600. The molecule has 0 aliphatic carbocycles. The Balaban J connectivity index is 1.80. The van der Waals surface area contributed by atoms with E-state index in [4.69, 9.17) is 4.99 Å². The SMILES string of the molecule is Cc1ccc(-n2c(-c3ccc(F)cc3)c[n+]3c2N=C2C3C(=O)N(C)C(=O)N2C)c(C)c1. The molecule has 156 valence electrons. The predicted octanol–water partition coefficient (Wildman–Crippen LogP) is 3.30. The predicted molar refractivity (Wildman–Crippen MR) is 113 cm³/mol. The number of fused-ring (bicyclic) bond motifs is 3. The van der Waals surface area contributed by atoms with Gasteiger partial charge >= 0.3 is 12.0 Å². The molecule has 0 spiro atoms. The second kappa shape index (κ2) is 6.60. The monoisotopic (exact) mass is 418 g/mol. The van der Waals surface area contributed by atoms with Gasteiger partial charge in [-0.15, -0.1) is 0 Å². The van der Waals surface area contributed by atoms with Gasteiger partial charge in [-0.3, -0.25) is 14.6 Å². The van der Waals surface area contributed by atoms with E-state index in [0.717, 1.165) is 33.0 Å². The lowest BCUT2D eigenvalue weighted by molar-refractivity contribution is -0.676. The molecule has 3 aromatic rings. The zero-order valence-electron chi connectivity index (χ0n) is 17.6. The number of imide groups is 1. The van der Waals surface area contributed by atoms with E-state index in [1.165, 1.54) is 24.1 Å². The molecule has 3 heterocycles. The van der Waals surface area contributed by atoms with Crippen molar-refractivity contribution in [3.05, 3.63) is 65.6 Å². The number of amidine groups is 1. The van der Waals surface area contributed by atoms with Crippen LogP contribution < -0.4 is 4.57 Å². The van der Waals surface area contributed by atoms with Crippen LogP contribution in [-0.2, 0) is 4.79 Å². The van der Waals surface area contributed by atoms with Crippen molar-refractivity contribution < 1.29 is 18.5 Å². The Hall–Kier alpha value is -3.81. The van der Waals surface area contributed by atoms with Crippen LogP contribution in [0.1, 0.15) is 17.2 Å². The average molecular weight is 418 g/mol. The first-order chi connectivity index (χ1) is 14.8. The molecule has 31 heavy (non-hydrogen) atoms. The highest BCUT2D eigenvalue weighted by atomic mass is 19.1. The average Bonchev–Trinajstić information content (AvgIpc) is 3.28. The number of likely N-dealkylation sites (N-methyl/N-ethyl adjacent to an activating group) is 2. The Bertz CT molecular complexity index is 1290. The van der Waals surface area contributed by atoms with Gasteiger partial charge in [-0.05, 0) is 49.7 Å². The van der Waals surface area contributed by atoms with Crippen molar-refractivity contribution in [1.29, 1.82) is 0 Å². The minimum atomic E-state index is -0.728. The van der Waals surface area contributed by atoms with Crippen LogP contribution in [0.4, 0.5) is 15.1 Å². The zero-order chi connectivity index (χ0) is 22.0. The molecule has 0 N–H and O–H groups in total. The standard InChI is InChI=1S/C23H21FN5O2/c1-13-5-10-17(14(2)11-13)29-18(15-6-8-16(24)9-7-15)12-28-19-20(25-22(28)29)26(3)23(31)27(4)21(19)30/h5-12,19H,1-4H3/q+1. The number of benzene rings is 2. The summed E-state index contributed by atoms with van der Waals surface area (Å²) in [5.41, 5.74) is 4.63. The number of urea groups is 1. The summed E-state index contributed by atoms with van der Waals surface area (Å²) in [4.78, 5) is 32.6. The molecule has 5 rings (SSSR count). The number of rotatable bonds is 2. The third kappa shape index (κ3) is 2.71. The Labute approximate surface area is 178 Å². The fraction of sp³-hybridized carbons (Fsp3) is 0.217. The minimum absolute atomic E-state index is 0.321. The maximum Gasteiger partial charge on any atom is 0.407 e. The van der Waals surface area contributed by atoms with Crippen molar-refractivity contribution in [3.8, 4) is 16.9 Å². The highest BCUT2D eigenvalue weighted by molar-refractivity contribution is 6.18. The lowest BCUT2D eigenvalue weighted by Gasteiger charge is -2.30. The van der Waals surface area contributed by atoms with E-state index in [1.807, 2.05) is 36.7 Å². The summed E-state index contributed by atoms with van der Waals surface area (Å²) < 4.78 is 17.3. The van der Waals surface area contributed by atoms with E-state index in [2.05, 4.69) is 6.07 Å². The van der Waals surface area contributed by atoms with E-state index < -0.39 is 12.1 Å². The van der Waals surface area contributed by atoms with Gasteiger partial charge in [-0.1, -0.05) is 22.7 Å². The van der Waals surface area contributed by atoms with Gasteiger partial charge in [0.05, 0.1) is 0 Å². The number of hydrogen-bond acceptors (Lipinski definition) is 3. The molecule has 1 unspecified atom stereocenters. The largest absolute Gasteiger partial charge is 0.407 e. The molecular weight excluding hydrogens is 397 g/mol. The number of aromatic nitrogens is 2. The van der Waals surface area contributed by atoms with E-state index in [1.54, 1.807) is 23.7 Å². The molecular formula is C23H21FN5O2+. The van der Waals surface area contributed by atoms with Crippen molar-refractivity contribution >= 4 is 23.7 Å². The summed E-state index contributed by atoms with van der Waals surface area (Å²) in [7, 11) is 3.09. The van der Waals surface area contributed by atoms with E-state index in [-0.39, 0.29) is 11.7 Å². The van der Waals surface area contributed by atoms with Crippen LogP contribution in [0.15, 0.2) is 53.7 Å². The summed E-state index contributed by atoms with van der Waals surface area (Å²) in [6, 6.07) is 11.2. The maximum absolute atomic E-state index is 13.6. The van der Waals surface area contributed by atoms with Gasteiger partial charge in [0.2, 0.25) is 11.9 Å². The third-order valence-corrected chi connectivity index (χ3v) is 5.89. The molecule has 3 amide bonds. The van der Waals surface area contributed by atoms with Crippen LogP contribution in [0.5, 0.6) is 0 Å². The van der Waals surface area contributed by atoms with Gasteiger partial charge in [0.1, 0.15) is 23.4 Å². The van der Waals surface area contributed by atoms with Crippen LogP contribution in [0.3, 0.4) is 0 Å². The van der Waals surface area contributed by atoms with Crippen molar-refractivity contribution in [1.82, 2.24) is 14.4 Å². The molecule has 2 aliphatic heterocycles. The number of carbonyl (C=O) groups is 2. The van der Waals surface area contributed by atoms with Crippen molar-refractivity contribution in [2.24, 2.45) is 4.99 Å². The van der Waals surface area contributed by atoms with Gasteiger partial charge in [0, 0.05) is 19.7 Å². The first kappa shape index (κ1) is 19.2. The molecule has 2 aliphatic rings. The van der Waals surface area contributed by atoms with Gasteiger partial charge < -0.3 is 0 Å². The van der Waals surface area contributed by atoms with E-state index in [0.29, 0.717) is 11.8 Å². The highest BCUT2D eigenvalue weighted by Gasteiger charge is 2.52. The summed E-state index contributed by atoms with van der Waals surface area (Å²) in [6.07, 6.45) is 1.85. The van der Waals surface area contributed by atoms with Crippen LogP contribution in [0.25, 0.3) is 16.9 Å². The summed E-state index contributed by atoms with van der Waals surface area (Å²) in [5, 5.41) is 0. The Morgan fingerprint density at radius 2 is 1.71 bits per heavy atom. The number of hydrogen-bond donors (Lipinski definition) is 0. The van der Waals surface area contributed by atoms with Crippen molar-refractivity contribution in [3.63, 3.8) is 0 Å². The fourth-order valence-electron chi connectivity index (χ4n) is 4.26. The molecule has 2 aromatic carbocycles. The maximum atomic E-state index is 13.6. The number of halogens is 1. The van der Waals surface area contributed by atoms with Gasteiger partial charge in [-0.25, -0.2) is 13.8 Å². The number of carbonyl (C=O) groups excluding carboxylic acids is 2. The number of nitrogens with zero attached hydrogens (tertiary/aromatic N) is 5. The third-order valence-electron chi connectivity index (χ3n) is 5.89. The topological polar surface area (TPSA) is 61.8 Å². The molecule has 8 heteroatoms. The molecule has 0 saturated carbocycles. The normalized spacial score (nSPS) is 17.7. The number of amides is 3. The lowest BCUT2D eigenvalue weighted by Crippen LogP contribution is -2.61. The van der Waals surface area contributed by atoms with Crippen LogP contribution >= 0.6 is 0 Å². The molecule has 1 saturated heterocycles. The van der Waals surface area contributed by atoms with E-state index >= 15 is 0 Å². The molecule has 7 nitrogen and oxygen atoms in total. The Kier molecular flexibility index (Phi) is 4.08. The smallest absolute Gasteiger partial charge is 0.270 e. The Morgan fingerprint density at radius 3 is 2.39 bits per heavy atom. The lowest BCUT2D eigenvalue weighted by atomic mass is 10.1. The fourth-order valence-corrected chi connectivity index (χ4v) is 4.26. The highest BCUT2D eigenvalue weighted by Crippen LogP contribution is 2.35. The van der Waals surface area contributed by atoms with Crippen molar-refractivity contribution in [2.45, 2.75) is 19.9 Å². The first-order valence-electron chi connectivity index (χ1n) is 9.92. The van der Waals surface area contributed by atoms with Crippen LogP contribution in [0.2, 0.25) is 0 Å². The molecule has 0 radical (unpaired) electrons. The van der Waals surface area contributed by atoms with Gasteiger partial charge in [0.25, 0.3) is 5.91 Å². The zero-order valence-corrected chi connectivity index (χ0v) is 17.6. The molecule has 1 fully saturated rings. The number of imidazole rings is 1. The molecule has 0 bridgehead atoms. The summed E-state index contributed by atoms with van der Waals surface area (Å²) in [6.45, 7) is 4.04. The molecule has 1 aromatic heterocycles. The van der Waals surface area contributed by atoms with Gasteiger partial charge in [0.15, 0.2) is 0 Å². The number of aliphatic imine (C=N–C) groups is 1. The first-order valence-corrected chi connectivity index (χ1v) is 9.92. The summed E-state index contributed by atoms with van der Waals surface area (Å²) in [5.74, 6) is 0.272. The van der Waals surface area contributed by atoms with Crippen LogP contribution in [-0.4, -0.2) is 46.2 Å². The minimum Gasteiger partial charge on any atom is -0.270 e. The molecule has 1 atom stereocenters. The van der Waals surface area contributed by atoms with Crippen LogP contribution in [0, 0.1) is 19.7 Å². The van der Waals surface area contributed by atoms with Crippen molar-refractivity contribution in [2.75, 3.05) is 14.1 Å². The second-order valence-electron chi connectivity index (χ2n) is 7.97. The second-order valence-corrected chi connectivity index (χ2v) is 7.97.